The van der Waals surface area contributed by atoms with Crippen molar-refractivity contribution >= 4 is 0 Å². The summed E-state index contributed by atoms with van der Waals surface area (Å²) in [6.45, 7) is 5.15. The molecule has 1 unspecified atom stereocenters. The first-order chi connectivity index (χ1) is 10.2. The van der Waals surface area contributed by atoms with Gasteiger partial charge in [0.2, 0.25) is 0 Å². The van der Waals surface area contributed by atoms with E-state index in [-0.39, 0.29) is 0 Å². The predicted molar refractivity (Wildman–Crippen MR) is 86.7 cm³/mol. The van der Waals surface area contributed by atoms with Crippen molar-refractivity contribution in [1.29, 1.82) is 0 Å². The van der Waals surface area contributed by atoms with Gasteiger partial charge in [-0.3, -0.25) is 0 Å². The summed E-state index contributed by atoms with van der Waals surface area (Å²) >= 11 is 0. The summed E-state index contributed by atoms with van der Waals surface area (Å²) in [4.78, 5) is 0. The van der Waals surface area contributed by atoms with E-state index in [0.29, 0.717) is 18.7 Å². The third-order valence-electron chi connectivity index (χ3n) is 4.72. The summed E-state index contributed by atoms with van der Waals surface area (Å²) in [6, 6.07) is 7.32. The van der Waals surface area contributed by atoms with Gasteiger partial charge in [-0.2, -0.15) is 0 Å². The number of rotatable bonds is 7. The average Bonchev–Trinajstić information content (AvgIpc) is 3.01. The average molecular weight is 291 g/mol. The number of methoxy groups -OCH3 is 2. The van der Waals surface area contributed by atoms with E-state index in [2.05, 4.69) is 31.3 Å². The van der Waals surface area contributed by atoms with Crippen LogP contribution in [0.2, 0.25) is 0 Å². The first-order valence-corrected chi connectivity index (χ1v) is 8.07. The Morgan fingerprint density at radius 1 is 1.19 bits per heavy atom. The van der Waals surface area contributed by atoms with E-state index < -0.39 is 0 Å². The van der Waals surface area contributed by atoms with Crippen molar-refractivity contribution in [2.75, 3.05) is 14.2 Å². The third kappa shape index (κ3) is 4.21. The van der Waals surface area contributed by atoms with Crippen LogP contribution in [0.25, 0.3) is 0 Å². The number of ether oxygens (including phenoxy) is 2. The Morgan fingerprint density at radius 3 is 2.52 bits per heavy atom. The SMILES string of the molecule is COCc1cc(C(C)N[C@H](C)C2CCCC2)ccc1OC. The van der Waals surface area contributed by atoms with Crippen molar-refractivity contribution in [3.05, 3.63) is 29.3 Å². The van der Waals surface area contributed by atoms with E-state index in [1.165, 1.54) is 31.2 Å². The van der Waals surface area contributed by atoms with Crippen LogP contribution in [0, 0.1) is 5.92 Å². The minimum absolute atomic E-state index is 0.349. The molecule has 0 spiro atoms. The topological polar surface area (TPSA) is 30.5 Å². The van der Waals surface area contributed by atoms with Gasteiger partial charge >= 0.3 is 0 Å². The van der Waals surface area contributed by atoms with Gasteiger partial charge in [-0.1, -0.05) is 18.9 Å². The molecule has 1 fully saturated rings. The fourth-order valence-electron chi connectivity index (χ4n) is 3.42. The van der Waals surface area contributed by atoms with Gasteiger partial charge in [-0.15, -0.1) is 0 Å². The smallest absolute Gasteiger partial charge is 0.124 e. The van der Waals surface area contributed by atoms with Gasteiger partial charge in [0, 0.05) is 24.8 Å². The Kier molecular flexibility index (Phi) is 6.07. The molecule has 0 saturated heterocycles. The second kappa shape index (κ2) is 7.81. The lowest BCUT2D eigenvalue weighted by atomic mass is 9.97. The van der Waals surface area contributed by atoms with Crippen LogP contribution in [0.15, 0.2) is 18.2 Å². The first kappa shape index (κ1) is 16.3. The fourth-order valence-corrected chi connectivity index (χ4v) is 3.42. The highest BCUT2D eigenvalue weighted by molar-refractivity contribution is 5.38. The predicted octanol–water partition coefficient (Wildman–Crippen LogP) is 4.07. The Balaban J connectivity index is 2.03. The molecule has 1 aromatic carbocycles. The number of benzene rings is 1. The van der Waals surface area contributed by atoms with Crippen molar-refractivity contribution in [2.24, 2.45) is 5.92 Å². The van der Waals surface area contributed by atoms with Crippen molar-refractivity contribution in [1.82, 2.24) is 5.32 Å². The maximum absolute atomic E-state index is 5.39. The largest absolute Gasteiger partial charge is 0.496 e. The molecular weight excluding hydrogens is 262 g/mol. The lowest BCUT2D eigenvalue weighted by molar-refractivity contribution is 0.181. The van der Waals surface area contributed by atoms with Gasteiger partial charge in [0.1, 0.15) is 5.75 Å². The molecule has 1 saturated carbocycles. The molecule has 0 amide bonds. The molecule has 1 N–H and O–H groups in total. The molecule has 2 atom stereocenters. The van der Waals surface area contributed by atoms with Crippen LogP contribution in [-0.2, 0) is 11.3 Å². The zero-order chi connectivity index (χ0) is 15.2. The minimum Gasteiger partial charge on any atom is -0.496 e. The summed E-state index contributed by atoms with van der Waals surface area (Å²) in [5, 5.41) is 3.76. The Bertz CT molecular complexity index is 441. The molecule has 1 aromatic rings. The molecule has 118 valence electrons. The lowest BCUT2D eigenvalue weighted by Gasteiger charge is -2.25. The highest BCUT2D eigenvalue weighted by atomic mass is 16.5. The number of hydrogen-bond acceptors (Lipinski definition) is 3. The lowest BCUT2D eigenvalue weighted by Crippen LogP contribution is -2.34. The number of hydrogen-bond donors (Lipinski definition) is 1. The van der Waals surface area contributed by atoms with E-state index in [1.54, 1.807) is 14.2 Å². The molecule has 1 aliphatic carbocycles. The second-order valence-electron chi connectivity index (χ2n) is 6.23. The van der Waals surface area contributed by atoms with Crippen molar-refractivity contribution in [3.63, 3.8) is 0 Å². The van der Waals surface area contributed by atoms with Crippen LogP contribution in [0.5, 0.6) is 5.75 Å². The Hall–Kier alpha value is -1.06. The van der Waals surface area contributed by atoms with Gasteiger partial charge in [-0.25, -0.2) is 0 Å². The maximum Gasteiger partial charge on any atom is 0.124 e. The summed E-state index contributed by atoms with van der Waals surface area (Å²) in [5.74, 6) is 1.74. The van der Waals surface area contributed by atoms with E-state index in [4.69, 9.17) is 9.47 Å². The summed E-state index contributed by atoms with van der Waals surface area (Å²) in [6.07, 6.45) is 5.54. The van der Waals surface area contributed by atoms with Crippen LogP contribution in [-0.4, -0.2) is 20.3 Å². The van der Waals surface area contributed by atoms with Gasteiger partial charge in [-0.05, 0) is 50.3 Å². The van der Waals surface area contributed by atoms with Crippen molar-refractivity contribution in [2.45, 2.75) is 58.2 Å². The molecule has 2 rings (SSSR count). The molecule has 0 aliphatic heterocycles. The zero-order valence-corrected chi connectivity index (χ0v) is 13.8. The van der Waals surface area contributed by atoms with Crippen molar-refractivity contribution < 1.29 is 9.47 Å². The summed E-state index contributed by atoms with van der Waals surface area (Å²) in [5.41, 5.74) is 2.41. The van der Waals surface area contributed by atoms with Gasteiger partial charge in [0.05, 0.1) is 13.7 Å². The molecule has 0 heterocycles. The van der Waals surface area contributed by atoms with Gasteiger partial charge < -0.3 is 14.8 Å². The molecule has 21 heavy (non-hydrogen) atoms. The van der Waals surface area contributed by atoms with Crippen LogP contribution >= 0.6 is 0 Å². The molecular formula is C18H29NO2. The molecule has 3 nitrogen and oxygen atoms in total. The van der Waals surface area contributed by atoms with Crippen molar-refractivity contribution in [3.8, 4) is 5.75 Å². The van der Waals surface area contributed by atoms with Gasteiger partial charge in [0.15, 0.2) is 0 Å². The molecule has 0 radical (unpaired) electrons. The highest BCUT2D eigenvalue weighted by Crippen LogP contribution is 2.29. The standard InChI is InChI=1S/C18H29NO2/c1-13(15-7-5-6-8-15)19-14(2)16-9-10-18(21-4)17(11-16)12-20-3/h9-11,13-15,19H,5-8,12H2,1-4H3/t13-,14?/m1/s1. The van der Waals surface area contributed by atoms with Crippen LogP contribution < -0.4 is 10.1 Å². The highest BCUT2D eigenvalue weighted by Gasteiger charge is 2.23. The molecule has 0 aromatic heterocycles. The van der Waals surface area contributed by atoms with Crippen LogP contribution in [0.4, 0.5) is 0 Å². The first-order valence-electron chi connectivity index (χ1n) is 8.07. The summed E-state index contributed by atoms with van der Waals surface area (Å²) < 4.78 is 10.7. The summed E-state index contributed by atoms with van der Waals surface area (Å²) in [7, 11) is 3.42. The maximum atomic E-state index is 5.39. The molecule has 0 bridgehead atoms. The van der Waals surface area contributed by atoms with E-state index in [1.807, 2.05) is 6.07 Å². The Labute approximate surface area is 129 Å². The van der Waals surface area contributed by atoms with Gasteiger partial charge in [0.25, 0.3) is 0 Å². The molecule has 1 aliphatic rings. The van der Waals surface area contributed by atoms with Crippen LogP contribution in [0.1, 0.15) is 56.7 Å². The second-order valence-corrected chi connectivity index (χ2v) is 6.23. The minimum atomic E-state index is 0.349. The zero-order valence-electron chi connectivity index (χ0n) is 13.8. The monoisotopic (exact) mass is 291 g/mol. The Morgan fingerprint density at radius 2 is 1.90 bits per heavy atom. The fraction of sp³-hybridized carbons (Fsp3) is 0.667. The van der Waals surface area contributed by atoms with E-state index in [0.717, 1.165) is 17.2 Å². The quantitative estimate of drug-likeness (QED) is 0.821. The van der Waals surface area contributed by atoms with E-state index >= 15 is 0 Å². The third-order valence-corrected chi connectivity index (χ3v) is 4.72. The normalized spacial score (nSPS) is 18.7. The number of nitrogens with one attached hydrogen (secondary N) is 1. The van der Waals surface area contributed by atoms with E-state index in [9.17, 15) is 0 Å². The van der Waals surface area contributed by atoms with Crippen LogP contribution in [0.3, 0.4) is 0 Å². The molecule has 3 heteroatoms.